The fraction of sp³-hybridized carbons (Fsp3) is 0.235. The van der Waals surface area contributed by atoms with Gasteiger partial charge in [-0.15, -0.1) is 0 Å². The lowest BCUT2D eigenvalue weighted by Crippen LogP contribution is -2.20. The van der Waals surface area contributed by atoms with Crippen LogP contribution in [0.4, 0.5) is 5.69 Å². The Morgan fingerprint density at radius 3 is 2.52 bits per heavy atom. The second-order valence-electron chi connectivity index (χ2n) is 5.10. The van der Waals surface area contributed by atoms with E-state index in [1.807, 2.05) is 12.1 Å². The molecule has 0 unspecified atom stereocenters. The monoisotopic (exact) mass is 333 g/mol. The molecule has 0 saturated carbocycles. The van der Waals surface area contributed by atoms with Crippen molar-refractivity contribution in [2.75, 3.05) is 17.1 Å². The number of nitrogens with one attached hydrogen (secondary N) is 1. The quantitative estimate of drug-likeness (QED) is 0.595. The fourth-order valence-corrected chi connectivity index (χ4v) is 2.91. The summed E-state index contributed by atoms with van der Waals surface area (Å²) in [5.41, 5.74) is 1.98. The summed E-state index contributed by atoms with van der Waals surface area (Å²) in [6, 6.07) is 15.8. The number of rotatable bonds is 8. The number of sulfonamides is 1. The van der Waals surface area contributed by atoms with Crippen LogP contribution in [0.25, 0.3) is 0 Å². The lowest BCUT2D eigenvalue weighted by Gasteiger charge is -2.09. The minimum Gasteiger partial charge on any atom is -0.376 e. The summed E-state index contributed by atoms with van der Waals surface area (Å²) < 4.78 is 31.7. The van der Waals surface area contributed by atoms with Crippen molar-refractivity contribution >= 4 is 21.5 Å². The van der Waals surface area contributed by atoms with E-state index in [0.717, 1.165) is 5.56 Å². The maximum atomic E-state index is 11.9. The number of hydrogen-bond donors (Lipinski definition) is 1. The second kappa shape index (κ2) is 7.89. The molecule has 6 heteroatoms. The zero-order chi connectivity index (χ0) is 16.7. The average Bonchev–Trinajstić information content (AvgIpc) is 2.52. The van der Waals surface area contributed by atoms with Gasteiger partial charge in [0.1, 0.15) is 0 Å². The largest absolute Gasteiger partial charge is 0.376 e. The molecule has 2 aromatic carbocycles. The van der Waals surface area contributed by atoms with Crippen LogP contribution in [0.1, 0.15) is 22.8 Å². The molecule has 2 aromatic rings. The Labute approximate surface area is 136 Å². The molecule has 0 aliphatic heterocycles. The lowest BCUT2D eigenvalue weighted by atomic mass is 10.1. The number of carbonyl (C=O) groups is 1. The summed E-state index contributed by atoms with van der Waals surface area (Å²) in [5.74, 6) is -0.143. The van der Waals surface area contributed by atoms with Gasteiger partial charge in [-0.2, -0.15) is 0 Å². The highest BCUT2D eigenvalue weighted by Crippen LogP contribution is 2.09. The molecule has 0 bridgehead atoms. The van der Waals surface area contributed by atoms with Crippen LogP contribution in [-0.4, -0.2) is 26.6 Å². The maximum absolute atomic E-state index is 11.9. The van der Waals surface area contributed by atoms with Gasteiger partial charge in [0.05, 0.1) is 19.0 Å². The summed E-state index contributed by atoms with van der Waals surface area (Å²) in [5, 5.41) is 0. The van der Waals surface area contributed by atoms with Crippen LogP contribution >= 0.6 is 0 Å². The molecule has 0 heterocycles. The maximum Gasteiger partial charge on any atom is 0.234 e. The van der Waals surface area contributed by atoms with E-state index in [0.29, 0.717) is 11.3 Å². The molecule has 0 aliphatic rings. The van der Waals surface area contributed by atoms with Gasteiger partial charge in [0, 0.05) is 11.3 Å². The van der Waals surface area contributed by atoms with Crippen molar-refractivity contribution in [3.8, 4) is 0 Å². The van der Waals surface area contributed by atoms with E-state index in [1.54, 1.807) is 42.5 Å². The first kappa shape index (κ1) is 17.2. The molecule has 0 amide bonds. The first-order chi connectivity index (χ1) is 11.0. The van der Waals surface area contributed by atoms with Crippen LogP contribution in [0.5, 0.6) is 0 Å². The van der Waals surface area contributed by atoms with Crippen molar-refractivity contribution in [2.24, 2.45) is 0 Å². The van der Waals surface area contributed by atoms with Crippen molar-refractivity contribution in [1.29, 1.82) is 0 Å². The number of ether oxygens (including phenoxy) is 1. The van der Waals surface area contributed by atoms with E-state index in [2.05, 4.69) is 4.72 Å². The molecule has 0 aromatic heterocycles. The molecular formula is C17H19NO4S. The summed E-state index contributed by atoms with van der Waals surface area (Å²) >= 11 is 0. The molecular weight excluding hydrogens is 314 g/mol. The zero-order valence-electron chi connectivity index (χ0n) is 12.9. The Morgan fingerprint density at radius 2 is 1.83 bits per heavy atom. The Morgan fingerprint density at radius 1 is 1.09 bits per heavy atom. The molecule has 1 N–H and O–H groups in total. The minimum absolute atomic E-state index is 0.0125. The van der Waals surface area contributed by atoms with E-state index in [-0.39, 0.29) is 24.7 Å². The number of anilines is 1. The normalized spacial score (nSPS) is 11.2. The highest BCUT2D eigenvalue weighted by atomic mass is 32.2. The number of carbonyl (C=O) groups excluding carboxylic acids is 1. The van der Waals surface area contributed by atoms with Crippen molar-refractivity contribution < 1.29 is 17.9 Å². The third-order valence-corrected chi connectivity index (χ3v) is 4.40. The van der Waals surface area contributed by atoms with Gasteiger partial charge >= 0.3 is 0 Å². The second-order valence-corrected chi connectivity index (χ2v) is 6.94. The molecule has 122 valence electrons. The number of para-hydroxylation sites is 1. The predicted molar refractivity (Wildman–Crippen MR) is 90.0 cm³/mol. The van der Waals surface area contributed by atoms with Crippen LogP contribution in [0.3, 0.4) is 0 Å². The van der Waals surface area contributed by atoms with Gasteiger partial charge in [-0.3, -0.25) is 9.52 Å². The van der Waals surface area contributed by atoms with Gasteiger partial charge < -0.3 is 4.74 Å². The zero-order valence-corrected chi connectivity index (χ0v) is 13.7. The molecule has 0 atom stereocenters. The molecule has 5 nitrogen and oxygen atoms in total. The molecule has 0 aliphatic carbocycles. The number of hydrogen-bond acceptors (Lipinski definition) is 4. The molecule has 0 saturated heterocycles. The van der Waals surface area contributed by atoms with Gasteiger partial charge in [-0.1, -0.05) is 36.4 Å². The van der Waals surface area contributed by atoms with Crippen molar-refractivity contribution in [3.63, 3.8) is 0 Å². The van der Waals surface area contributed by atoms with Gasteiger partial charge in [0.15, 0.2) is 5.78 Å². The highest BCUT2D eigenvalue weighted by molar-refractivity contribution is 7.92. The Kier molecular flexibility index (Phi) is 5.90. The molecule has 0 spiro atoms. The Balaban J connectivity index is 1.80. The summed E-state index contributed by atoms with van der Waals surface area (Å²) in [4.78, 5) is 11.3. The van der Waals surface area contributed by atoms with Gasteiger partial charge in [-0.05, 0) is 30.7 Å². The van der Waals surface area contributed by atoms with Crippen LogP contribution in [0.2, 0.25) is 0 Å². The Bertz CT molecular complexity index is 757. The smallest absolute Gasteiger partial charge is 0.234 e. The minimum atomic E-state index is -3.44. The van der Waals surface area contributed by atoms with E-state index >= 15 is 0 Å². The predicted octanol–water partition coefficient (Wildman–Crippen LogP) is 2.85. The van der Waals surface area contributed by atoms with E-state index < -0.39 is 10.0 Å². The number of benzene rings is 2. The van der Waals surface area contributed by atoms with E-state index in [4.69, 9.17) is 4.74 Å². The van der Waals surface area contributed by atoms with Gasteiger partial charge in [0.25, 0.3) is 0 Å². The average molecular weight is 333 g/mol. The van der Waals surface area contributed by atoms with E-state index in [9.17, 15) is 13.2 Å². The molecule has 2 rings (SSSR count). The number of Topliss-reactive ketones (excluding diaryl/α,β-unsaturated/α-hetero) is 1. The first-order valence-corrected chi connectivity index (χ1v) is 8.85. The summed E-state index contributed by atoms with van der Waals surface area (Å²) in [6.45, 7) is 1.84. The van der Waals surface area contributed by atoms with Crippen molar-refractivity contribution in [2.45, 2.75) is 13.5 Å². The van der Waals surface area contributed by atoms with Crippen molar-refractivity contribution in [3.05, 3.63) is 65.7 Å². The third kappa shape index (κ3) is 5.84. The third-order valence-electron chi connectivity index (χ3n) is 3.15. The molecule has 0 fully saturated rings. The summed E-state index contributed by atoms with van der Waals surface area (Å²) in [6.07, 6.45) is 0. The van der Waals surface area contributed by atoms with Crippen LogP contribution in [0, 0.1) is 0 Å². The van der Waals surface area contributed by atoms with Gasteiger partial charge in [0.2, 0.25) is 10.0 Å². The molecule has 0 radical (unpaired) electrons. The highest BCUT2D eigenvalue weighted by Gasteiger charge is 2.10. The Hall–Kier alpha value is -2.18. The molecule has 23 heavy (non-hydrogen) atoms. The first-order valence-electron chi connectivity index (χ1n) is 7.19. The standard InChI is InChI=1S/C17H19NO4S/c1-14(19)16-7-5-6-15(12-16)13-22-10-11-23(20,21)18-17-8-3-2-4-9-17/h2-9,12,18H,10-11,13H2,1H3. The topological polar surface area (TPSA) is 72.5 Å². The van der Waals surface area contributed by atoms with Crippen LogP contribution < -0.4 is 4.72 Å². The van der Waals surface area contributed by atoms with E-state index in [1.165, 1.54) is 6.92 Å². The number of ketones is 1. The van der Waals surface area contributed by atoms with Crippen LogP contribution in [0.15, 0.2) is 54.6 Å². The summed E-state index contributed by atoms with van der Waals surface area (Å²) in [7, 11) is -3.44. The van der Waals surface area contributed by atoms with Gasteiger partial charge in [-0.25, -0.2) is 8.42 Å². The van der Waals surface area contributed by atoms with Crippen molar-refractivity contribution in [1.82, 2.24) is 0 Å². The SMILES string of the molecule is CC(=O)c1cccc(COCCS(=O)(=O)Nc2ccccc2)c1. The fourth-order valence-electron chi connectivity index (χ4n) is 1.98. The van der Waals surface area contributed by atoms with Crippen LogP contribution in [-0.2, 0) is 21.4 Å². The lowest BCUT2D eigenvalue weighted by molar-refractivity contribution is 0.101.